The van der Waals surface area contributed by atoms with Crippen molar-refractivity contribution in [1.82, 2.24) is 4.90 Å². The molecule has 1 fully saturated rings. The molecular formula is C22H15Cl2NO3S. The topological polar surface area (TPSA) is 50.5 Å². The highest BCUT2D eigenvalue weighted by atomic mass is 35.5. The van der Waals surface area contributed by atoms with Crippen LogP contribution in [0.3, 0.4) is 0 Å². The molecule has 0 aliphatic carbocycles. The van der Waals surface area contributed by atoms with Gasteiger partial charge in [0.15, 0.2) is 0 Å². The van der Waals surface area contributed by atoms with Gasteiger partial charge in [-0.25, -0.2) is 0 Å². The fourth-order valence-corrected chi connectivity index (χ4v) is 4.24. The Morgan fingerprint density at radius 2 is 1.86 bits per heavy atom. The summed E-state index contributed by atoms with van der Waals surface area (Å²) in [5.74, 6) is 0.653. The van der Waals surface area contributed by atoms with E-state index in [1.54, 1.807) is 36.4 Å². The standard InChI is InChI=1S/C22H15Cl2NO3S/c1-13-4-2-5-14(10-13)12-25-21(26)19(29-22(25)27)11-15-8-9-18(28-15)16-6-3-7-17(23)20(16)24/h2-11H,12H2,1H3/b19-11-. The summed E-state index contributed by atoms with van der Waals surface area (Å²) in [4.78, 5) is 26.6. The number of hydrogen-bond acceptors (Lipinski definition) is 4. The van der Waals surface area contributed by atoms with Crippen LogP contribution in [0.15, 0.2) is 63.9 Å². The van der Waals surface area contributed by atoms with E-state index in [-0.39, 0.29) is 17.7 Å². The lowest BCUT2D eigenvalue weighted by molar-refractivity contribution is -0.123. The molecule has 2 aromatic carbocycles. The molecule has 0 atom stereocenters. The van der Waals surface area contributed by atoms with Crippen molar-refractivity contribution in [3.05, 3.63) is 86.4 Å². The Labute approximate surface area is 182 Å². The molecule has 7 heteroatoms. The quantitative estimate of drug-likeness (QED) is 0.416. The van der Waals surface area contributed by atoms with Crippen LogP contribution in [0.4, 0.5) is 4.79 Å². The molecule has 0 radical (unpaired) electrons. The molecule has 146 valence electrons. The molecule has 0 N–H and O–H groups in total. The van der Waals surface area contributed by atoms with Crippen molar-refractivity contribution in [2.75, 3.05) is 0 Å². The smallest absolute Gasteiger partial charge is 0.293 e. The van der Waals surface area contributed by atoms with Crippen molar-refractivity contribution in [3.8, 4) is 11.3 Å². The van der Waals surface area contributed by atoms with E-state index in [1.807, 2.05) is 31.2 Å². The highest BCUT2D eigenvalue weighted by molar-refractivity contribution is 8.18. The highest BCUT2D eigenvalue weighted by Crippen LogP contribution is 2.37. The first-order valence-corrected chi connectivity index (χ1v) is 10.3. The number of carbonyl (C=O) groups is 2. The number of benzene rings is 2. The van der Waals surface area contributed by atoms with Gasteiger partial charge in [0.25, 0.3) is 11.1 Å². The fraction of sp³-hybridized carbons (Fsp3) is 0.0909. The Morgan fingerprint density at radius 3 is 2.66 bits per heavy atom. The number of carbonyl (C=O) groups excluding carboxylic acids is 2. The van der Waals surface area contributed by atoms with Gasteiger partial charge < -0.3 is 4.42 Å². The summed E-state index contributed by atoms with van der Waals surface area (Å²) in [6, 6.07) is 16.5. The van der Waals surface area contributed by atoms with Crippen LogP contribution in [0.25, 0.3) is 17.4 Å². The summed E-state index contributed by atoms with van der Waals surface area (Å²) >= 11 is 13.2. The summed E-state index contributed by atoms with van der Waals surface area (Å²) in [7, 11) is 0. The molecule has 2 heterocycles. The Balaban J connectivity index is 1.56. The Hall–Kier alpha value is -2.47. The first-order valence-electron chi connectivity index (χ1n) is 8.77. The Bertz CT molecular complexity index is 1150. The number of hydrogen-bond donors (Lipinski definition) is 0. The summed E-state index contributed by atoms with van der Waals surface area (Å²) in [5, 5.41) is 0.528. The maximum Gasteiger partial charge on any atom is 0.293 e. The molecule has 0 unspecified atom stereocenters. The monoisotopic (exact) mass is 443 g/mol. The zero-order valence-electron chi connectivity index (χ0n) is 15.3. The maximum atomic E-state index is 12.7. The van der Waals surface area contributed by atoms with Gasteiger partial charge in [0, 0.05) is 11.6 Å². The van der Waals surface area contributed by atoms with E-state index in [0.717, 1.165) is 22.9 Å². The number of aryl methyl sites for hydroxylation is 1. The summed E-state index contributed by atoms with van der Waals surface area (Å²) in [5.41, 5.74) is 2.64. The number of nitrogens with zero attached hydrogens (tertiary/aromatic N) is 1. The predicted octanol–water partition coefficient (Wildman–Crippen LogP) is 6.80. The van der Waals surface area contributed by atoms with E-state index in [4.69, 9.17) is 27.6 Å². The second-order valence-electron chi connectivity index (χ2n) is 6.56. The minimum atomic E-state index is -0.333. The predicted molar refractivity (Wildman–Crippen MR) is 117 cm³/mol. The van der Waals surface area contributed by atoms with Crippen molar-refractivity contribution in [2.45, 2.75) is 13.5 Å². The zero-order chi connectivity index (χ0) is 20.5. The molecule has 29 heavy (non-hydrogen) atoms. The Morgan fingerprint density at radius 1 is 1.07 bits per heavy atom. The van der Waals surface area contributed by atoms with Gasteiger partial charge in [-0.05, 0) is 48.5 Å². The molecule has 4 nitrogen and oxygen atoms in total. The third-order valence-electron chi connectivity index (χ3n) is 4.41. The zero-order valence-corrected chi connectivity index (χ0v) is 17.6. The number of rotatable bonds is 4. The van der Waals surface area contributed by atoms with E-state index in [1.165, 1.54) is 4.90 Å². The van der Waals surface area contributed by atoms with Crippen LogP contribution in [0.5, 0.6) is 0 Å². The third kappa shape index (κ3) is 4.13. The van der Waals surface area contributed by atoms with Crippen molar-refractivity contribution in [3.63, 3.8) is 0 Å². The van der Waals surface area contributed by atoms with Gasteiger partial charge in [0.05, 0.1) is 21.5 Å². The molecule has 1 aliphatic heterocycles. The van der Waals surface area contributed by atoms with Crippen molar-refractivity contribution >= 4 is 52.2 Å². The van der Waals surface area contributed by atoms with Crippen LogP contribution in [0.1, 0.15) is 16.9 Å². The van der Waals surface area contributed by atoms with E-state index in [2.05, 4.69) is 0 Å². The van der Waals surface area contributed by atoms with Crippen LogP contribution < -0.4 is 0 Å². The first kappa shape index (κ1) is 19.8. The van der Waals surface area contributed by atoms with Crippen molar-refractivity contribution in [1.29, 1.82) is 0 Å². The van der Waals surface area contributed by atoms with Gasteiger partial charge in [-0.15, -0.1) is 0 Å². The van der Waals surface area contributed by atoms with E-state index < -0.39 is 0 Å². The maximum absolute atomic E-state index is 12.7. The number of halogens is 2. The average molecular weight is 444 g/mol. The van der Waals surface area contributed by atoms with Gasteiger partial charge in [-0.2, -0.15) is 0 Å². The van der Waals surface area contributed by atoms with E-state index in [9.17, 15) is 9.59 Å². The molecule has 2 amide bonds. The summed E-state index contributed by atoms with van der Waals surface area (Å²) < 4.78 is 5.81. The van der Waals surface area contributed by atoms with Crippen LogP contribution >= 0.6 is 35.0 Å². The number of thioether (sulfide) groups is 1. The molecule has 1 aliphatic rings. The van der Waals surface area contributed by atoms with Crippen LogP contribution in [-0.4, -0.2) is 16.0 Å². The molecule has 1 aromatic heterocycles. The minimum absolute atomic E-state index is 0.241. The van der Waals surface area contributed by atoms with Gasteiger partial charge >= 0.3 is 0 Å². The van der Waals surface area contributed by atoms with Gasteiger partial charge in [0.1, 0.15) is 11.5 Å². The van der Waals surface area contributed by atoms with Crippen LogP contribution in [0, 0.1) is 6.92 Å². The number of furan rings is 1. The lowest BCUT2D eigenvalue weighted by Crippen LogP contribution is -2.27. The van der Waals surface area contributed by atoms with Crippen molar-refractivity contribution in [2.24, 2.45) is 0 Å². The summed E-state index contributed by atoms with van der Waals surface area (Å²) in [6.07, 6.45) is 1.57. The number of imide groups is 1. The fourth-order valence-electron chi connectivity index (χ4n) is 3.03. The Kier molecular flexibility index (Phi) is 5.54. The molecule has 4 rings (SSSR count). The normalized spacial score (nSPS) is 15.6. The SMILES string of the molecule is Cc1cccc(CN2C(=O)S/C(=C\c3ccc(-c4cccc(Cl)c4Cl)o3)C2=O)c1. The second kappa shape index (κ2) is 8.11. The van der Waals surface area contributed by atoms with Gasteiger partial charge in [0.2, 0.25) is 0 Å². The molecular weight excluding hydrogens is 429 g/mol. The van der Waals surface area contributed by atoms with Crippen LogP contribution in [0.2, 0.25) is 10.0 Å². The van der Waals surface area contributed by atoms with Crippen molar-refractivity contribution < 1.29 is 14.0 Å². The lowest BCUT2D eigenvalue weighted by Gasteiger charge is -2.12. The first-order chi connectivity index (χ1) is 13.9. The van der Waals surface area contributed by atoms with E-state index >= 15 is 0 Å². The molecule has 3 aromatic rings. The van der Waals surface area contributed by atoms with Gasteiger partial charge in [-0.3, -0.25) is 14.5 Å². The molecule has 0 bridgehead atoms. The second-order valence-corrected chi connectivity index (χ2v) is 8.34. The third-order valence-corrected chi connectivity index (χ3v) is 6.14. The molecule has 1 saturated heterocycles. The van der Waals surface area contributed by atoms with Crippen LogP contribution in [-0.2, 0) is 11.3 Å². The average Bonchev–Trinajstić information content (AvgIpc) is 3.24. The minimum Gasteiger partial charge on any atom is -0.457 e. The largest absolute Gasteiger partial charge is 0.457 e. The van der Waals surface area contributed by atoms with E-state index in [0.29, 0.717) is 32.0 Å². The lowest BCUT2D eigenvalue weighted by atomic mass is 10.1. The highest BCUT2D eigenvalue weighted by Gasteiger charge is 2.35. The molecule has 0 spiro atoms. The summed E-state index contributed by atoms with van der Waals surface area (Å²) in [6.45, 7) is 2.21. The molecule has 0 saturated carbocycles. The van der Waals surface area contributed by atoms with Gasteiger partial charge in [-0.1, -0.05) is 59.1 Å². The number of amides is 2.